The summed E-state index contributed by atoms with van der Waals surface area (Å²) in [4.78, 5) is 17.9. The SMILES string of the molecule is CCCN(c1cc(C(C)=O)ccn1)C(C)C. The molecule has 0 aromatic carbocycles. The second kappa shape index (κ2) is 5.64. The Hall–Kier alpha value is -1.38. The average Bonchev–Trinajstić information content (AvgIpc) is 2.25. The Bertz CT molecular complexity index is 361. The lowest BCUT2D eigenvalue weighted by atomic mass is 10.2. The van der Waals surface area contributed by atoms with Crippen molar-refractivity contribution in [1.82, 2.24) is 4.98 Å². The highest BCUT2D eigenvalue weighted by molar-refractivity contribution is 5.94. The molecule has 0 spiro atoms. The lowest BCUT2D eigenvalue weighted by Gasteiger charge is -2.27. The number of nitrogens with zero attached hydrogens (tertiary/aromatic N) is 2. The van der Waals surface area contributed by atoms with Crippen molar-refractivity contribution in [1.29, 1.82) is 0 Å². The molecule has 88 valence electrons. The lowest BCUT2D eigenvalue weighted by Crippen LogP contribution is -2.32. The highest BCUT2D eigenvalue weighted by Gasteiger charge is 2.11. The first-order valence-electron chi connectivity index (χ1n) is 5.80. The minimum absolute atomic E-state index is 0.0869. The van der Waals surface area contributed by atoms with Gasteiger partial charge in [-0.3, -0.25) is 4.79 Å². The Morgan fingerprint density at radius 3 is 2.69 bits per heavy atom. The van der Waals surface area contributed by atoms with Gasteiger partial charge in [-0.05, 0) is 39.3 Å². The van der Waals surface area contributed by atoms with Crippen LogP contribution in [0.15, 0.2) is 18.3 Å². The van der Waals surface area contributed by atoms with Crippen molar-refractivity contribution in [3.63, 3.8) is 0 Å². The number of pyridine rings is 1. The third kappa shape index (κ3) is 3.05. The monoisotopic (exact) mass is 220 g/mol. The van der Waals surface area contributed by atoms with Gasteiger partial charge < -0.3 is 4.90 Å². The van der Waals surface area contributed by atoms with E-state index in [-0.39, 0.29) is 5.78 Å². The molecule has 16 heavy (non-hydrogen) atoms. The number of carbonyl (C=O) groups excluding carboxylic acids is 1. The maximum atomic E-state index is 11.3. The molecule has 0 aliphatic heterocycles. The second-order valence-corrected chi connectivity index (χ2v) is 4.25. The minimum atomic E-state index is 0.0869. The first-order chi connectivity index (χ1) is 7.56. The molecule has 0 amide bonds. The molecule has 0 unspecified atom stereocenters. The summed E-state index contributed by atoms with van der Waals surface area (Å²) in [6.45, 7) is 8.96. The zero-order chi connectivity index (χ0) is 12.1. The maximum absolute atomic E-state index is 11.3. The van der Waals surface area contributed by atoms with Crippen molar-refractivity contribution in [2.75, 3.05) is 11.4 Å². The van der Waals surface area contributed by atoms with Gasteiger partial charge in [0, 0.05) is 24.3 Å². The van der Waals surface area contributed by atoms with E-state index in [4.69, 9.17) is 0 Å². The summed E-state index contributed by atoms with van der Waals surface area (Å²) in [5.41, 5.74) is 0.728. The number of Topliss-reactive ketones (excluding diaryl/α,β-unsaturated/α-hetero) is 1. The number of aromatic nitrogens is 1. The number of hydrogen-bond acceptors (Lipinski definition) is 3. The van der Waals surface area contributed by atoms with E-state index >= 15 is 0 Å². The van der Waals surface area contributed by atoms with Gasteiger partial charge in [0.25, 0.3) is 0 Å². The van der Waals surface area contributed by atoms with E-state index in [0.717, 1.165) is 24.3 Å². The average molecular weight is 220 g/mol. The Morgan fingerprint density at radius 2 is 2.19 bits per heavy atom. The molecule has 0 saturated carbocycles. The Morgan fingerprint density at radius 1 is 1.50 bits per heavy atom. The van der Waals surface area contributed by atoms with E-state index in [0.29, 0.717) is 6.04 Å². The number of anilines is 1. The van der Waals surface area contributed by atoms with Crippen LogP contribution in [0.4, 0.5) is 5.82 Å². The molecule has 1 heterocycles. The third-order valence-corrected chi connectivity index (χ3v) is 2.53. The van der Waals surface area contributed by atoms with Crippen LogP contribution in [-0.4, -0.2) is 23.4 Å². The molecule has 0 aliphatic carbocycles. The fourth-order valence-electron chi connectivity index (χ4n) is 1.67. The fraction of sp³-hybridized carbons (Fsp3) is 0.538. The second-order valence-electron chi connectivity index (χ2n) is 4.25. The van der Waals surface area contributed by atoms with E-state index in [1.165, 1.54) is 0 Å². The van der Waals surface area contributed by atoms with Gasteiger partial charge >= 0.3 is 0 Å². The molecular formula is C13H20N2O. The molecule has 1 rings (SSSR count). The topological polar surface area (TPSA) is 33.2 Å². The summed E-state index contributed by atoms with van der Waals surface area (Å²) in [6.07, 6.45) is 2.78. The summed E-state index contributed by atoms with van der Waals surface area (Å²) < 4.78 is 0. The van der Waals surface area contributed by atoms with Crippen molar-refractivity contribution in [2.24, 2.45) is 0 Å². The van der Waals surface area contributed by atoms with Crippen LogP contribution < -0.4 is 4.90 Å². The van der Waals surface area contributed by atoms with Gasteiger partial charge in [0.1, 0.15) is 5.82 Å². The summed E-state index contributed by atoms with van der Waals surface area (Å²) in [5.74, 6) is 0.980. The van der Waals surface area contributed by atoms with Crippen molar-refractivity contribution in [3.05, 3.63) is 23.9 Å². The van der Waals surface area contributed by atoms with Gasteiger partial charge in [-0.2, -0.15) is 0 Å². The number of rotatable bonds is 5. The van der Waals surface area contributed by atoms with E-state index < -0.39 is 0 Å². The molecule has 1 aromatic heterocycles. The van der Waals surface area contributed by atoms with Crippen LogP contribution in [0.1, 0.15) is 44.5 Å². The first-order valence-corrected chi connectivity index (χ1v) is 5.80. The van der Waals surface area contributed by atoms with Crippen LogP contribution in [0.2, 0.25) is 0 Å². The zero-order valence-electron chi connectivity index (χ0n) is 10.5. The largest absolute Gasteiger partial charge is 0.354 e. The standard InChI is InChI=1S/C13H20N2O/c1-5-8-15(10(2)3)13-9-12(11(4)16)6-7-14-13/h6-7,9-10H,5,8H2,1-4H3. The van der Waals surface area contributed by atoms with Gasteiger partial charge in [-0.15, -0.1) is 0 Å². The zero-order valence-corrected chi connectivity index (χ0v) is 10.5. The first kappa shape index (κ1) is 12.7. The summed E-state index contributed by atoms with van der Waals surface area (Å²) >= 11 is 0. The van der Waals surface area contributed by atoms with Crippen LogP contribution >= 0.6 is 0 Å². The number of carbonyl (C=O) groups is 1. The van der Waals surface area contributed by atoms with E-state index in [1.54, 1.807) is 19.2 Å². The normalized spacial score (nSPS) is 10.6. The van der Waals surface area contributed by atoms with E-state index in [9.17, 15) is 4.79 Å². The maximum Gasteiger partial charge on any atom is 0.159 e. The molecule has 0 atom stereocenters. The predicted octanol–water partition coefficient (Wildman–Crippen LogP) is 2.91. The Balaban J connectivity index is 3.00. The van der Waals surface area contributed by atoms with Gasteiger partial charge in [0.2, 0.25) is 0 Å². The molecule has 3 heteroatoms. The Kier molecular flexibility index (Phi) is 4.47. The van der Waals surface area contributed by atoms with Crippen LogP contribution in [-0.2, 0) is 0 Å². The molecule has 1 aromatic rings. The smallest absolute Gasteiger partial charge is 0.159 e. The summed E-state index contributed by atoms with van der Waals surface area (Å²) in [7, 11) is 0. The molecular weight excluding hydrogens is 200 g/mol. The van der Waals surface area contributed by atoms with Gasteiger partial charge in [-0.25, -0.2) is 4.98 Å². The molecule has 0 saturated heterocycles. The van der Waals surface area contributed by atoms with Crippen molar-refractivity contribution < 1.29 is 4.79 Å². The van der Waals surface area contributed by atoms with Crippen molar-refractivity contribution in [2.45, 2.75) is 40.2 Å². The fourth-order valence-corrected chi connectivity index (χ4v) is 1.67. The molecule has 3 nitrogen and oxygen atoms in total. The number of hydrogen-bond donors (Lipinski definition) is 0. The van der Waals surface area contributed by atoms with Crippen molar-refractivity contribution >= 4 is 11.6 Å². The summed E-state index contributed by atoms with van der Waals surface area (Å²) in [6, 6.07) is 4.03. The molecule has 0 fully saturated rings. The van der Waals surface area contributed by atoms with Gasteiger partial charge in [-0.1, -0.05) is 6.92 Å². The van der Waals surface area contributed by atoms with Crippen LogP contribution in [0.25, 0.3) is 0 Å². The minimum Gasteiger partial charge on any atom is -0.354 e. The molecule has 0 bridgehead atoms. The van der Waals surface area contributed by atoms with Gasteiger partial charge in [0.15, 0.2) is 5.78 Å². The quantitative estimate of drug-likeness (QED) is 0.715. The van der Waals surface area contributed by atoms with Gasteiger partial charge in [0.05, 0.1) is 0 Å². The van der Waals surface area contributed by atoms with Crippen LogP contribution in [0.5, 0.6) is 0 Å². The van der Waals surface area contributed by atoms with Crippen molar-refractivity contribution in [3.8, 4) is 0 Å². The molecule has 0 aliphatic rings. The van der Waals surface area contributed by atoms with Crippen LogP contribution in [0, 0.1) is 0 Å². The van der Waals surface area contributed by atoms with Crippen LogP contribution in [0.3, 0.4) is 0 Å². The summed E-state index contributed by atoms with van der Waals surface area (Å²) in [5, 5.41) is 0. The lowest BCUT2D eigenvalue weighted by molar-refractivity contribution is 0.101. The highest BCUT2D eigenvalue weighted by atomic mass is 16.1. The van der Waals surface area contributed by atoms with E-state index in [2.05, 4.69) is 30.7 Å². The molecule has 0 N–H and O–H groups in total. The Labute approximate surface area is 97.5 Å². The number of ketones is 1. The van der Waals surface area contributed by atoms with E-state index in [1.807, 2.05) is 6.07 Å². The highest BCUT2D eigenvalue weighted by Crippen LogP contribution is 2.16. The molecule has 0 radical (unpaired) electrons. The third-order valence-electron chi connectivity index (χ3n) is 2.53. The predicted molar refractivity (Wildman–Crippen MR) is 67.0 cm³/mol.